The third kappa shape index (κ3) is 2.17. The van der Waals surface area contributed by atoms with Crippen LogP contribution in [0.4, 0.5) is 0 Å². The molecule has 104 valence electrons. The van der Waals surface area contributed by atoms with Gasteiger partial charge in [0.15, 0.2) is 0 Å². The van der Waals surface area contributed by atoms with Crippen LogP contribution in [0.25, 0.3) is 10.9 Å². The molecule has 1 aliphatic carbocycles. The van der Waals surface area contributed by atoms with E-state index in [0.29, 0.717) is 0 Å². The Morgan fingerprint density at radius 3 is 2.85 bits per heavy atom. The van der Waals surface area contributed by atoms with Crippen LogP contribution in [0.3, 0.4) is 0 Å². The highest BCUT2D eigenvalue weighted by Crippen LogP contribution is 2.30. The molecule has 0 unspecified atom stereocenters. The summed E-state index contributed by atoms with van der Waals surface area (Å²) in [6, 6.07) is 6.31. The molecule has 0 saturated carbocycles. The molecule has 1 heterocycles. The van der Waals surface area contributed by atoms with Gasteiger partial charge >= 0.3 is 0 Å². The maximum absolute atomic E-state index is 12.6. The van der Waals surface area contributed by atoms with Crippen LogP contribution in [0.1, 0.15) is 47.4 Å². The summed E-state index contributed by atoms with van der Waals surface area (Å²) in [6.45, 7) is 6.04. The van der Waals surface area contributed by atoms with E-state index in [9.17, 15) is 4.79 Å². The molecule has 0 fully saturated rings. The molecule has 3 rings (SSSR count). The monoisotopic (exact) mass is 268 g/mol. The standard InChI is InChI=1S/C17H20N2O/c1-10(2)18-17(20)16-12-5-4-6-14(12)19-15-8-7-11(3)9-13(15)16/h7-10H,4-6H2,1-3H3,(H,18,20). The summed E-state index contributed by atoms with van der Waals surface area (Å²) < 4.78 is 0. The van der Waals surface area contributed by atoms with Crippen LogP contribution in [0.2, 0.25) is 0 Å². The minimum atomic E-state index is 0.0381. The van der Waals surface area contributed by atoms with Crippen molar-refractivity contribution in [2.75, 3.05) is 0 Å². The predicted octanol–water partition coefficient (Wildman–Crippen LogP) is 3.17. The van der Waals surface area contributed by atoms with E-state index in [1.165, 1.54) is 0 Å². The van der Waals surface area contributed by atoms with Crippen molar-refractivity contribution in [1.82, 2.24) is 10.3 Å². The number of carbonyl (C=O) groups excluding carboxylic acids is 1. The van der Waals surface area contributed by atoms with E-state index in [0.717, 1.165) is 52.5 Å². The molecule has 0 atom stereocenters. The second kappa shape index (κ2) is 4.89. The summed E-state index contributed by atoms with van der Waals surface area (Å²) >= 11 is 0. The Bertz CT molecular complexity index is 689. The largest absolute Gasteiger partial charge is 0.350 e. The van der Waals surface area contributed by atoms with Crippen LogP contribution in [-0.2, 0) is 12.8 Å². The molecule has 0 aliphatic heterocycles. The maximum Gasteiger partial charge on any atom is 0.252 e. The van der Waals surface area contributed by atoms with Crippen molar-refractivity contribution in [1.29, 1.82) is 0 Å². The van der Waals surface area contributed by atoms with E-state index in [2.05, 4.69) is 24.4 Å². The van der Waals surface area contributed by atoms with Gasteiger partial charge in [-0.2, -0.15) is 0 Å². The lowest BCUT2D eigenvalue weighted by molar-refractivity contribution is 0.0944. The van der Waals surface area contributed by atoms with Crippen molar-refractivity contribution in [3.8, 4) is 0 Å². The number of carbonyl (C=O) groups is 1. The fraction of sp³-hybridized carbons (Fsp3) is 0.412. The van der Waals surface area contributed by atoms with Crippen LogP contribution in [-0.4, -0.2) is 16.9 Å². The molecule has 20 heavy (non-hydrogen) atoms. The number of hydrogen-bond donors (Lipinski definition) is 1. The van der Waals surface area contributed by atoms with Gasteiger partial charge in [0, 0.05) is 17.1 Å². The number of aromatic nitrogens is 1. The summed E-state index contributed by atoms with van der Waals surface area (Å²) in [5, 5.41) is 4.02. The number of amides is 1. The second-order valence-corrected chi connectivity index (χ2v) is 5.91. The van der Waals surface area contributed by atoms with Crippen LogP contribution < -0.4 is 5.32 Å². The van der Waals surface area contributed by atoms with E-state index in [4.69, 9.17) is 4.98 Å². The van der Waals surface area contributed by atoms with Gasteiger partial charge in [-0.3, -0.25) is 9.78 Å². The number of aryl methyl sites for hydroxylation is 2. The number of pyridine rings is 1. The number of fused-ring (bicyclic) bond motifs is 2. The molecule has 0 bridgehead atoms. The Hall–Kier alpha value is -1.90. The van der Waals surface area contributed by atoms with Gasteiger partial charge in [0.1, 0.15) is 0 Å². The zero-order valence-corrected chi connectivity index (χ0v) is 12.3. The van der Waals surface area contributed by atoms with Gasteiger partial charge in [-0.05, 0) is 57.7 Å². The molecule has 0 spiro atoms. The van der Waals surface area contributed by atoms with Gasteiger partial charge in [0.25, 0.3) is 5.91 Å². The van der Waals surface area contributed by atoms with E-state index in [1.807, 2.05) is 19.9 Å². The van der Waals surface area contributed by atoms with Crippen LogP contribution >= 0.6 is 0 Å². The van der Waals surface area contributed by atoms with E-state index >= 15 is 0 Å². The molecule has 3 heteroatoms. The molecule has 1 aromatic heterocycles. The van der Waals surface area contributed by atoms with Crippen molar-refractivity contribution in [3.63, 3.8) is 0 Å². The third-order valence-corrected chi connectivity index (χ3v) is 3.81. The molecule has 3 nitrogen and oxygen atoms in total. The summed E-state index contributed by atoms with van der Waals surface area (Å²) in [6.07, 6.45) is 3.05. The van der Waals surface area contributed by atoms with Crippen LogP contribution in [0.5, 0.6) is 0 Å². The average molecular weight is 268 g/mol. The number of rotatable bonds is 2. The minimum Gasteiger partial charge on any atom is -0.350 e. The van der Waals surface area contributed by atoms with Crippen molar-refractivity contribution in [3.05, 3.63) is 40.6 Å². The second-order valence-electron chi connectivity index (χ2n) is 5.91. The van der Waals surface area contributed by atoms with Crippen molar-refractivity contribution >= 4 is 16.8 Å². The van der Waals surface area contributed by atoms with Gasteiger partial charge in [0.05, 0.1) is 11.1 Å². The van der Waals surface area contributed by atoms with Crippen LogP contribution in [0, 0.1) is 6.92 Å². The fourth-order valence-corrected chi connectivity index (χ4v) is 2.97. The minimum absolute atomic E-state index is 0.0381. The highest BCUT2D eigenvalue weighted by Gasteiger charge is 2.23. The van der Waals surface area contributed by atoms with E-state index in [1.54, 1.807) is 0 Å². The Labute approximate surface area is 119 Å². The van der Waals surface area contributed by atoms with Crippen molar-refractivity contribution in [2.45, 2.75) is 46.1 Å². The number of nitrogens with zero attached hydrogens (tertiary/aromatic N) is 1. The maximum atomic E-state index is 12.6. The SMILES string of the molecule is Cc1ccc2nc3c(c(C(=O)NC(C)C)c2c1)CCC3. The summed E-state index contributed by atoms with van der Waals surface area (Å²) in [7, 11) is 0. The third-order valence-electron chi connectivity index (χ3n) is 3.81. The molecular formula is C17H20N2O. The topological polar surface area (TPSA) is 42.0 Å². The number of hydrogen-bond acceptors (Lipinski definition) is 2. The van der Waals surface area contributed by atoms with Gasteiger partial charge in [0.2, 0.25) is 0 Å². The Kier molecular flexibility index (Phi) is 3.20. The van der Waals surface area contributed by atoms with E-state index in [-0.39, 0.29) is 11.9 Å². The highest BCUT2D eigenvalue weighted by atomic mass is 16.1. The highest BCUT2D eigenvalue weighted by molar-refractivity contribution is 6.08. The first-order chi connectivity index (χ1) is 9.56. The Morgan fingerprint density at radius 2 is 2.10 bits per heavy atom. The summed E-state index contributed by atoms with van der Waals surface area (Å²) in [5.74, 6) is 0.0381. The zero-order chi connectivity index (χ0) is 14.3. The van der Waals surface area contributed by atoms with Crippen LogP contribution in [0.15, 0.2) is 18.2 Å². The molecule has 0 radical (unpaired) electrons. The van der Waals surface area contributed by atoms with Gasteiger partial charge in [-0.1, -0.05) is 11.6 Å². The van der Waals surface area contributed by atoms with Crippen molar-refractivity contribution < 1.29 is 4.79 Å². The van der Waals surface area contributed by atoms with Crippen molar-refractivity contribution in [2.24, 2.45) is 0 Å². The lowest BCUT2D eigenvalue weighted by atomic mass is 9.99. The molecule has 1 N–H and O–H groups in total. The zero-order valence-electron chi connectivity index (χ0n) is 12.3. The predicted molar refractivity (Wildman–Crippen MR) is 81.1 cm³/mol. The smallest absolute Gasteiger partial charge is 0.252 e. The molecule has 1 aliphatic rings. The van der Waals surface area contributed by atoms with E-state index < -0.39 is 0 Å². The first-order valence-electron chi connectivity index (χ1n) is 7.29. The van der Waals surface area contributed by atoms with Gasteiger partial charge < -0.3 is 5.32 Å². The fourth-order valence-electron chi connectivity index (χ4n) is 2.97. The lowest BCUT2D eigenvalue weighted by Gasteiger charge is -2.14. The molecular weight excluding hydrogens is 248 g/mol. The summed E-state index contributed by atoms with van der Waals surface area (Å²) in [5.41, 5.74) is 5.21. The van der Waals surface area contributed by atoms with Gasteiger partial charge in [-0.15, -0.1) is 0 Å². The number of nitrogens with one attached hydrogen (secondary N) is 1. The molecule has 0 saturated heterocycles. The first-order valence-corrected chi connectivity index (χ1v) is 7.29. The molecule has 1 aromatic carbocycles. The Morgan fingerprint density at radius 1 is 1.30 bits per heavy atom. The lowest BCUT2D eigenvalue weighted by Crippen LogP contribution is -2.31. The summed E-state index contributed by atoms with van der Waals surface area (Å²) in [4.78, 5) is 17.3. The quantitative estimate of drug-likeness (QED) is 0.909. The first kappa shape index (κ1) is 13.1. The Balaban J connectivity index is 2.26. The average Bonchev–Trinajstić information content (AvgIpc) is 2.82. The normalized spacial score (nSPS) is 13.8. The van der Waals surface area contributed by atoms with Gasteiger partial charge in [-0.25, -0.2) is 0 Å². The molecule has 2 aromatic rings. The number of benzene rings is 1. The molecule has 1 amide bonds.